The van der Waals surface area contributed by atoms with Crippen LogP contribution in [-0.2, 0) is 19.4 Å². The van der Waals surface area contributed by atoms with Crippen LogP contribution in [0.5, 0.6) is 0 Å². The molecule has 1 amide bonds. The van der Waals surface area contributed by atoms with E-state index in [9.17, 15) is 18.0 Å². The van der Waals surface area contributed by atoms with E-state index in [1.54, 1.807) is 11.0 Å². The average Bonchev–Trinajstić information content (AvgIpc) is 2.94. The molecule has 2 rings (SSSR count). The number of hydrogen-bond donors (Lipinski definition) is 0. The second-order valence-corrected chi connectivity index (χ2v) is 9.24. The molecule has 1 heterocycles. The lowest BCUT2D eigenvalue weighted by molar-refractivity contribution is -0.138. The molecule has 0 unspecified atom stereocenters. The lowest BCUT2D eigenvalue weighted by Gasteiger charge is -2.33. The number of nitrogens with zero attached hydrogens (tertiary/aromatic N) is 1. The van der Waals surface area contributed by atoms with Gasteiger partial charge in [0.25, 0.3) is 5.91 Å². The molecule has 1 fully saturated rings. The molecule has 0 radical (unpaired) electrons. The van der Waals surface area contributed by atoms with Crippen molar-refractivity contribution in [2.45, 2.75) is 52.6 Å². The number of amides is 1. The predicted molar refractivity (Wildman–Crippen MR) is 99.9 cm³/mol. The topological polar surface area (TPSA) is 80.8 Å². The van der Waals surface area contributed by atoms with Crippen LogP contribution in [0.15, 0.2) is 18.2 Å². The summed E-state index contributed by atoms with van der Waals surface area (Å²) in [5, 5.41) is 0. The molecule has 1 aliphatic rings. The molecular weight excluding hydrogens is 354 g/mol. The number of ether oxygens (including phenoxy) is 1. The molecule has 144 valence electrons. The molecular formula is C19H27NO5S. The van der Waals surface area contributed by atoms with Gasteiger partial charge in [-0.05, 0) is 45.2 Å². The first kappa shape index (κ1) is 20.4. The highest BCUT2D eigenvalue weighted by atomic mass is 32.2. The number of sulfone groups is 1. The molecule has 6 nitrogen and oxygen atoms in total. The fourth-order valence-electron chi connectivity index (χ4n) is 3.24. The van der Waals surface area contributed by atoms with Gasteiger partial charge in [0.15, 0.2) is 16.4 Å². The van der Waals surface area contributed by atoms with Crippen LogP contribution in [0.2, 0.25) is 0 Å². The van der Waals surface area contributed by atoms with Crippen LogP contribution in [0.1, 0.15) is 48.2 Å². The Hall–Kier alpha value is -1.89. The fourth-order valence-corrected chi connectivity index (χ4v) is 4.95. The molecule has 1 aromatic rings. The van der Waals surface area contributed by atoms with Crippen LogP contribution in [0.3, 0.4) is 0 Å². The van der Waals surface area contributed by atoms with Crippen molar-refractivity contribution < 1.29 is 22.7 Å². The van der Waals surface area contributed by atoms with Crippen molar-refractivity contribution in [3.63, 3.8) is 0 Å². The van der Waals surface area contributed by atoms with Crippen molar-refractivity contribution in [2.75, 3.05) is 18.1 Å². The van der Waals surface area contributed by atoms with E-state index < -0.39 is 15.8 Å². The summed E-state index contributed by atoms with van der Waals surface area (Å²) in [6.07, 6.45) is 1.14. The van der Waals surface area contributed by atoms with Crippen LogP contribution >= 0.6 is 0 Å². The zero-order valence-electron chi connectivity index (χ0n) is 15.8. The smallest absolute Gasteiger partial charge is 0.338 e. The van der Waals surface area contributed by atoms with Crippen LogP contribution in [0.25, 0.3) is 0 Å². The zero-order valence-corrected chi connectivity index (χ0v) is 16.6. The van der Waals surface area contributed by atoms with E-state index >= 15 is 0 Å². The molecule has 0 spiro atoms. The highest BCUT2D eigenvalue weighted by Gasteiger charge is 2.36. The van der Waals surface area contributed by atoms with Gasteiger partial charge in [0.05, 0.1) is 17.1 Å². The third-order valence-corrected chi connectivity index (χ3v) is 6.65. The Bertz CT molecular complexity index is 787. The van der Waals surface area contributed by atoms with Gasteiger partial charge in [0.1, 0.15) is 0 Å². The van der Waals surface area contributed by atoms with E-state index in [-0.39, 0.29) is 36.1 Å². The van der Waals surface area contributed by atoms with Crippen molar-refractivity contribution >= 4 is 21.7 Å². The lowest BCUT2D eigenvalue weighted by Crippen LogP contribution is -2.48. The second-order valence-electron chi connectivity index (χ2n) is 7.01. The largest absolute Gasteiger partial charge is 0.452 e. The fraction of sp³-hybridized carbons (Fsp3) is 0.579. The minimum Gasteiger partial charge on any atom is -0.452 e. The van der Waals surface area contributed by atoms with Gasteiger partial charge < -0.3 is 9.64 Å². The number of rotatable bonds is 6. The second kappa shape index (κ2) is 8.20. The summed E-state index contributed by atoms with van der Waals surface area (Å²) in [5.41, 5.74) is 2.16. The number of aryl methyl sites for hydroxylation is 2. The van der Waals surface area contributed by atoms with E-state index in [2.05, 4.69) is 0 Å². The maximum atomic E-state index is 12.7. The summed E-state index contributed by atoms with van der Waals surface area (Å²) in [4.78, 5) is 26.6. The lowest BCUT2D eigenvalue weighted by atomic mass is 10.1. The molecule has 0 N–H and O–H groups in total. The van der Waals surface area contributed by atoms with Crippen LogP contribution in [0, 0.1) is 13.8 Å². The maximum Gasteiger partial charge on any atom is 0.338 e. The molecule has 0 saturated carbocycles. The minimum absolute atomic E-state index is 0.0198. The first-order valence-electron chi connectivity index (χ1n) is 8.90. The number of carbonyl (C=O) groups is 2. The van der Waals surface area contributed by atoms with E-state index in [0.29, 0.717) is 18.4 Å². The molecule has 0 bridgehead atoms. The normalized spacial score (nSPS) is 19.8. The van der Waals surface area contributed by atoms with Gasteiger partial charge >= 0.3 is 5.97 Å². The van der Waals surface area contributed by atoms with Gasteiger partial charge in [-0.2, -0.15) is 0 Å². The van der Waals surface area contributed by atoms with Gasteiger partial charge in [-0.25, -0.2) is 13.2 Å². The molecule has 1 saturated heterocycles. The summed E-state index contributed by atoms with van der Waals surface area (Å²) < 4.78 is 28.8. The van der Waals surface area contributed by atoms with Crippen LogP contribution in [-0.4, -0.2) is 55.4 Å². The molecule has 1 aliphatic heterocycles. The Morgan fingerprint density at radius 1 is 1.31 bits per heavy atom. The van der Waals surface area contributed by atoms with Crippen molar-refractivity contribution in [1.29, 1.82) is 0 Å². The third-order valence-electron chi connectivity index (χ3n) is 4.90. The minimum atomic E-state index is -3.10. The van der Waals surface area contributed by atoms with E-state index in [4.69, 9.17) is 4.74 Å². The Morgan fingerprint density at radius 2 is 2.00 bits per heavy atom. The molecule has 1 aromatic carbocycles. The van der Waals surface area contributed by atoms with Gasteiger partial charge in [0, 0.05) is 12.1 Å². The highest BCUT2D eigenvalue weighted by Crippen LogP contribution is 2.21. The summed E-state index contributed by atoms with van der Waals surface area (Å²) in [7, 11) is -3.10. The average molecular weight is 381 g/mol. The van der Waals surface area contributed by atoms with Gasteiger partial charge in [-0.15, -0.1) is 0 Å². The van der Waals surface area contributed by atoms with E-state index in [0.717, 1.165) is 11.1 Å². The molecule has 0 aliphatic carbocycles. The van der Waals surface area contributed by atoms with Crippen molar-refractivity contribution in [1.82, 2.24) is 4.90 Å². The summed E-state index contributed by atoms with van der Waals surface area (Å²) in [6.45, 7) is 7.14. The number of esters is 1. The molecule has 7 heteroatoms. The number of benzene rings is 1. The van der Waals surface area contributed by atoms with Gasteiger partial charge in [0.2, 0.25) is 0 Å². The molecule has 26 heavy (non-hydrogen) atoms. The first-order chi connectivity index (χ1) is 12.1. The van der Waals surface area contributed by atoms with Crippen molar-refractivity contribution in [2.24, 2.45) is 0 Å². The number of hydrogen-bond acceptors (Lipinski definition) is 5. The monoisotopic (exact) mass is 381 g/mol. The van der Waals surface area contributed by atoms with Crippen molar-refractivity contribution in [3.05, 3.63) is 34.9 Å². The predicted octanol–water partition coefficient (Wildman–Crippen LogP) is 2.27. The maximum absolute atomic E-state index is 12.7. The van der Waals surface area contributed by atoms with Crippen LogP contribution < -0.4 is 0 Å². The standard InChI is InChI=1S/C19H27NO5S/c1-5-15(4)20(16-8-9-26(23,24)12-16)18(21)11-25-19(22)17-10-13(2)6-7-14(17)3/h6-7,10,15-16H,5,8-9,11-12H2,1-4H3/t15-,16+/m1/s1. The van der Waals surface area contributed by atoms with Gasteiger partial charge in [-0.3, -0.25) is 4.79 Å². The van der Waals surface area contributed by atoms with Gasteiger partial charge in [-0.1, -0.05) is 24.6 Å². The molecule has 2 atom stereocenters. The Kier molecular flexibility index (Phi) is 6.44. The summed E-state index contributed by atoms with van der Waals surface area (Å²) in [5.74, 6) is -0.809. The highest BCUT2D eigenvalue weighted by molar-refractivity contribution is 7.91. The zero-order chi connectivity index (χ0) is 19.5. The van der Waals surface area contributed by atoms with Crippen molar-refractivity contribution in [3.8, 4) is 0 Å². The van der Waals surface area contributed by atoms with E-state index in [1.807, 2.05) is 39.8 Å². The third kappa shape index (κ3) is 4.84. The summed E-state index contributed by atoms with van der Waals surface area (Å²) >= 11 is 0. The Morgan fingerprint density at radius 3 is 2.58 bits per heavy atom. The Balaban J connectivity index is 2.07. The first-order valence-corrected chi connectivity index (χ1v) is 10.7. The van der Waals surface area contributed by atoms with E-state index in [1.165, 1.54) is 0 Å². The quantitative estimate of drug-likeness (QED) is 0.706. The number of carbonyl (C=O) groups excluding carboxylic acids is 2. The van der Waals surface area contributed by atoms with Crippen LogP contribution in [0.4, 0.5) is 0 Å². The Labute approximate surface area is 155 Å². The molecule has 0 aromatic heterocycles. The summed E-state index contributed by atoms with van der Waals surface area (Å²) in [6, 6.07) is 5.02. The SMILES string of the molecule is CC[C@@H](C)N(C(=O)COC(=O)c1cc(C)ccc1C)[C@H]1CCS(=O)(=O)C1.